The lowest BCUT2D eigenvalue weighted by molar-refractivity contribution is -0.126. The van der Waals surface area contributed by atoms with Crippen LogP contribution >= 0.6 is 0 Å². The van der Waals surface area contributed by atoms with Crippen molar-refractivity contribution < 1.29 is 17.6 Å². The zero-order chi connectivity index (χ0) is 19.4. The number of carbonyl (C=O) groups is 1. The SMILES string of the molecule is C[C@@H](C(=O)NCCc1ccc(F)cc1)N1CCN([C@H]2CCS(=O)(=O)C2)CC1. The van der Waals surface area contributed by atoms with Crippen molar-refractivity contribution in [3.8, 4) is 0 Å². The van der Waals surface area contributed by atoms with Gasteiger partial charge in [-0.2, -0.15) is 0 Å². The van der Waals surface area contributed by atoms with Gasteiger partial charge in [0.2, 0.25) is 5.91 Å². The lowest BCUT2D eigenvalue weighted by Crippen LogP contribution is -2.56. The molecule has 2 atom stereocenters. The molecular formula is C19H28FN3O3S. The standard InChI is InChI=1S/C19H28FN3O3S/c1-15(19(24)21-8-6-16-2-4-17(20)5-3-16)22-9-11-23(12-10-22)18-7-13-27(25,26)14-18/h2-5,15,18H,6-14H2,1H3,(H,21,24)/t15-,18-/m0/s1. The lowest BCUT2D eigenvalue weighted by atomic mass is 10.1. The molecule has 27 heavy (non-hydrogen) atoms. The third-order valence-corrected chi connectivity index (χ3v) is 7.38. The van der Waals surface area contributed by atoms with Gasteiger partial charge in [-0.15, -0.1) is 0 Å². The summed E-state index contributed by atoms with van der Waals surface area (Å²) in [4.78, 5) is 16.8. The van der Waals surface area contributed by atoms with E-state index in [2.05, 4.69) is 15.1 Å². The van der Waals surface area contributed by atoms with Gasteiger partial charge >= 0.3 is 0 Å². The Balaban J connectivity index is 1.40. The van der Waals surface area contributed by atoms with Crippen LogP contribution in [-0.2, 0) is 21.1 Å². The van der Waals surface area contributed by atoms with Crippen molar-refractivity contribution in [1.82, 2.24) is 15.1 Å². The van der Waals surface area contributed by atoms with Crippen LogP contribution in [-0.4, -0.2) is 80.4 Å². The van der Waals surface area contributed by atoms with Crippen LogP contribution in [0.3, 0.4) is 0 Å². The number of nitrogens with zero attached hydrogens (tertiary/aromatic N) is 2. The van der Waals surface area contributed by atoms with Crippen LogP contribution in [0.4, 0.5) is 4.39 Å². The minimum Gasteiger partial charge on any atom is -0.354 e. The Morgan fingerprint density at radius 3 is 2.48 bits per heavy atom. The molecule has 1 amide bonds. The van der Waals surface area contributed by atoms with Crippen LogP contribution in [0, 0.1) is 5.82 Å². The van der Waals surface area contributed by atoms with Crippen molar-refractivity contribution in [2.24, 2.45) is 0 Å². The van der Waals surface area contributed by atoms with Crippen molar-refractivity contribution in [1.29, 1.82) is 0 Å². The first-order valence-electron chi connectivity index (χ1n) is 9.55. The van der Waals surface area contributed by atoms with Gasteiger partial charge in [-0.1, -0.05) is 12.1 Å². The smallest absolute Gasteiger partial charge is 0.237 e. The topological polar surface area (TPSA) is 69.7 Å². The Bertz CT molecular complexity index is 746. The number of benzene rings is 1. The number of hydrogen-bond acceptors (Lipinski definition) is 5. The fourth-order valence-electron chi connectivity index (χ4n) is 3.85. The molecule has 1 aromatic carbocycles. The highest BCUT2D eigenvalue weighted by molar-refractivity contribution is 7.91. The summed E-state index contributed by atoms with van der Waals surface area (Å²) in [6.07, 6.45) is 1.39. The molecule has 150 valence electrons. The second-order valence-corrected chi connectivity index (χ2v) is 9.70. The normalized spacial score (nSPS) is 24.6. The van der Waals surface area contributed by atoms with E-state index in [1.165, 1.54) is 12.1 Å². The van der Waals surface area contributed by atoms with Gasteiger partial charge in [-0.25, -0.2) is 12.8 Å². The molecule has 8 heteroatoms. The molecule has 2 heterocycles. The maximum absolute atomic E-state index is 12.9. The average Bonchev–Trinajstić information content (AvgIpc) is 3.02. The largest absolute Gasteiger partial charge is 0.354 e. The molecule has 0 saturated carbocycles. The zero-order valence-corrected chi connectivity index (χ0v) is 16.5. The van der Waals surface area contributed by atoms with E-state index in [0.29, 0.717) is 18.7 Å². The number of hydrogen-bond donors (Lipinski definition) is 1. The number of halogens is 1. The molecule has 0 radical (unpaired) electrons. The molecule has 1 aromatic rings. The second-order valence-electron chi connectivity index (χ2n) is 7.47. The third-order valence-electron chi connectivity index (χ3n) is 5.63. The van der Waals surface area contributed by atoms with Crippen LogP contribution in [0.25, 0.3) is 0 Å². The molecule has 3 rings (SSSR count). The monoisotopic (exact) mass is 397 g/mol. The van der Waals surface area contributed by atoms with E-state index in [0.717, 1.165) is 38.2 Å². The Hall–Kier alpha value is -1.51. The van der Waals surface area contributed by atoms with Gasteiger partial charge < -0.3 is 5.32 Å². The Kier molecular flexibility index (Phi) is 6.49. The molecule has 0 aromatic heterocycles. The van der Waals surface area contributed by atoms with Crippen LogP contribution < -0.4 is 5.32 Å². The maximum atomic E-state index is 12.9. The molecule has 6 nitrogen and oxygen atoms in total. The molecule has 2 fully saturated rings. The molecule has 0 spiro atoms. The summed E-state index contributed by atoms with van der Waals surface area (Å²) in [5.41, 5.74) is 0.990. The van der Waals surface area contributed by atoms with E-state index in [-0.39, 0.29) is 29.6 Å². The Morgan fingerprint density at radius 2 is 1.89 bits per heavy atom. The Morgan fingerprint density at radius 1 is 1.22 bits per heavy atom. The van der Waals surface area contributed by atoms with Crippen molar-refractivity contribution in [2.45, 2.75) is 31.8 Å². The van der Waals surface area contributed by atoms with Crippen LogP contribution in [0.15, 0.2) is 24.3 Å². The number of amides is 1. The van der Waals surface area contributed by atoms with Crippen molar-refractivity contribution >= 4 is 15.7 Å². The fraction of sp³-hybridized carbons (Fsp3) is 0.632. The average molecular weight is 398 g/mol. The maximum Gasteiger partial charge on any atom is 0.237 e. The summed E-state index contributed by atoms with van der Waals surface area (Å²) in [7, 11) is -2.86. The van der Waals surface area contributed by atoms with E-state index in [9.17, 15) is 17.6 Å². The van der Waals surface area contributed by atoms with Gasteiger partial charge in [0.15, 0.2) is 9.84 Å². The predicted molar refractivity (Wildman–Crippen MR) is 103 cm³/mol. The van der Waals surface area contributed by atoms with Crippen LogP contribution in [0.2, 0.25) is 0 Å². The fourth-order valence-corrected chi connectivity index (χ4v) is 5.61. The van der Waals surface area contributed by atoms with Gasteiger partial charge in [0, 0.05) is 38.8 Å². The molecule has 0 unspecified atom stereocenters. The molecule has 0 bridgehead atoms. The van der Waals surface area contributed by atoms with E-state index in [4.69, 9.17) is 0 Å². The lowest BCUT2D eigenvalue weighted by Gasteiger charge is -2.39. The minimum atomic E-state index is -2.86. The Labute approximate surface area is 160 Å². The first kappa shape index (κ1) is 20.2. The van der Waals surface area contributed by atoms with Crippen molar-refractivity contribution in [3.63, 3.8) is 0 Å². The second kappa shape index (κ2) is 8.67. The van der Waals surface area contributed by atoms with Crippen molar-refractivity contribution in [3.05, 3.63) is 35.6 Å². The van der Waals surface area contributed by atoms with Gasteiger partial charge in [0.25, 0.3) is 0 Å². The number of piperazine rings is 1. The predicted octanol–water partition coefficient (Wildman–Crippen LogP) is 0.678. The van der Waals surface area contributed by atoms with Crippen molar-refractivity contribution in [2.75, 3.05) is 44.2 Å². The van der Waals surface area contributed by atoms with E-state index < -0.39 is 9.84 Å². The van der Waals surface area contributed by atoms with Crippen LogP contribution in [0.5, 0.6) is 0 Å². The summed E-state index contributed by atoms with van der Waals surface area (Å²) in [6.45, 7) is 5.56. The third kappa shape index (κ3) is 5.49. The highest BCUT2D eigenvalue weighted by Gasteiger charge is 2.34. The highest BCUT2D eigenvalue weighted by Crippen LogP contribution is 2.19. The highest BCUT2D eigenvalue weighted by atomic mass is 32.2. The summed E-state index contributed by atoms with van der Waals surface area (Å²) < 4.78 is 36.2. The summed E-state index contributed by atoms with van der Waals surface area (Å²) in [6, 6.07) is 6.23. The van der Waals surface area contributed by atoms with E-state index in [1.807, 2.05) is 6.92 Å². The first-order valence-corrected chi connectivity index (χ1v) is 11.4. The molecule has 2 saturated heterocycles. The van der Waals surface area contributed by atoms with Gasteiger partial charge in [0.1, 0.15) is 5.82 Å². The van der Waals surface area contributed by atoms with E-state index >= 15 is 0 Å². The molecule has 2 aliphatic rings. The minimum absolute atomic E-state index is 0.00555. The number of nitrogens with one attached hydrogen (secondary N) is 1. The molecular weight excluding hydrogens is 369 g/mol. The zero-order valence-electron chi connectivity index (χ0n) is 15.7. The van der Waals surface area contributed by atoms with Crippen LogP contribution in [0.1, 0.15) is 18.9 Å². The first-order chi connectivity index (χ1) is 12.8. The molecule has 1 N–H and O–H groups in total. The molecule has 0 aliphatic carbocycles. The van der Waals surface area contributed by atoms with Gasteiger partial charge in [-0.05, 0) is 37.5 Å². The number of carbonyl (C=O) groups excluding carboxylic acids is 1. The quantitative estimate of drug-likeness (QED) is 0.764. The summed E-state index contributed by atoms with van der Waals surface area (Å²) in [5.74, 6) is 0.303. The summed E-state index contributed by atoms with van der Waals surface area (Å²) in [5, 5.41) is 2.95. The summed E-state index contributed by atoms with van der Waals surface area (Å²) >= 11 is 0. The van der Waals surface area contributed by atoms with Gasteiger partial charge in [0.05, 0.1) is 17.5 Å². The number of rotatable bonds is 6. The van der Waals surface area contributed by atoms with E-state index in [1.54, 1.807) is 12.1 Å². The molecule has 2 aliphatic heterocycles. The van der Waals surface area contributed by atoms with Gasteiger partial charge in [-0.3, -0.25) is 14.6 Å². The number of sulfone groups is 1.